The van der Waals surface area contributed by atoms with Crippen LogP contribution in [0.4, 0.5) is 0 Å². The normalized spacial score (nSPS) is 28.2. The number of nitrogens with zero attached hydrogens (tertiary/aromatic N) is 3. The lowest BCUT2D eigenvalue weighted by Crippen LogP contribution is -2.53. The molecule has 1 aromatic carbocycles. The van der Waals surface area contributed by atoms with Gasteiger partial charge in [0.2, 0.25) is 11.9 Å². The number of fused-ring (bicyclic) bond motifs is 3. The number of carbonyl (C=O) groups is 3. The molecule has 4 aliphatic heterocycles. The second-order valence-corrected chi connectivity index (χ2v) is 10.3. The first-order valence-corrected chi connectivity index (χ1v) is 12.5. The molecule has 180 valence electrons. The third kappa shape index (κ3) is 2.98. The van der Waals surface area contributed by atoms with Gasteiger partial charge in [0.25, 0.3) is 6.04 Å². The van der Waals surface area contributed by atoms with Gasteiger partial charge in [0.05, 0.1) is 29.0 Å². The molecule has 7 rings (SSSR count). The molecule has 3 fully saturated rings. The molecular formula is C29H27N4O3+. The molecule has 0 bridgehead atoms. The number of ketones is 2. The summed E-state index contributed by atoms with van der Waals surface area (Å²) in [6.45, 7) is 2.98. The second-order valence-electron chi connectivity index (χ2n) is 10.3. The fourth-order valence-electron chi connectivity index (χ4n) is 6.51. The molecule has 0 aromatic heterocycles. The molecule has 6 aliphatic rings. The monoisotopic (exact) mass is 479 g/mol. The molecule has 2 aliphatic carbocycles. The van der Waals surface area contributed by atoms with Crippen LogP contribution in [0.15, 0.2) is 76.2 Å². The Labute approximate surface area is 209 Å². The van der Waals surface area contributed by atoms with Crippen molar-refractivity contribution in [1.82, 2.24) is 9.80 Å². The lowest BCUT2D eigenvalue weighted by atomic mass is 9.95. The molecule has 2 N–H and O–H groups in total. The molecule has 1 amide bonds. The number of rotatable bonds is 3. The number of Topliss-reactive ketones (excluding diaryl/α,β-unsaturated/α-hetero) is 2. The van der Waals surface area contributed by atoms with Crippen molar-refractivity contribution in [3.63, 3.8) is 0 Å². The Morgan fingerprint density at radius 3 is 2.78 bits per heavy atom. The molecule has 1 aromatic rings. The number of allylic oxidation sites excluding steroid dienone is 5. The second kappa shape index (κ2) is 7.50. The van der Waals surface area contributed by atoms with Crippen LogP contribution in [-0.4, -0.2) is 75.8 Å². The number of benzene rings is 1. The number of amides is 1. The highest BCUT2D eigenvalue weighted by Gasteiger charge is 2.64. The predicted octanol–water partition coefficient (Wildman–Crippen LogP) is 1.51. The van der Waals surface area contributed by atoms with Crippen molar-refractivity contribution in [2.45, 2.75) is 37.9 Å². The van der Waals surface area contributed by atoms with E-state index in [1.165, 1.54) is 11.1 Å². The van der Waals surface area contributed by atoms with Gasteiger partial charge < -0.3 is 15.5 Å². The maximum absolute atomic E-state index is 12.9. The fraction of sp³-hybridized carbons (Fsp3) is 0.310. The van der Waals surface area contributed by atoms with Gasteiger partial charge in [-0.2, -0.15) is 0 Å². The minimum atomic E-state index is -0.455. The van der Waals surface area contributed by atoms with E-state index in [0.717, 1.165) is 28.8 Å². The van der Waals surface area contributed by atoms with Crippen molar-refractivity contribution in [1.29, 1.82) is 0 Å². The molecule has 7 heteroatoms. The van der Waals surface area contributed by atoms with Gasteiger partial charge in [0.1, 0.15) is 6.04 Å². The topological polar surface area (TPSA) is 86.7 Å². The molecule has 3 saturated heterocycles. The lowest BCUT2D eigenvalue weighted by molar-refractivity contribution is -0.360. The van der Waals surface area contributed by atoms with E-state index in [9.17, 15) is 14.4 Å². The summed E-state index contributed by atoms with van der Waals surface area (Å²) in [6.07, 6.45) is 11.8. The molecular weight excluding hydrogens is 452 g/mol. The molecule has 0 spiro atoms. The van der Waals surface area contributed by atoms with Gasteiger partial charge >= 0.3 is 0 Å². The summed E-state index contributed by atoms with van der Waals surface area (Å²) < 4.78 is 2.23. The molecule has 4 heterocycles. The van der Waals surface area contributed by atoms with Crippen LogP contribution in [0.5, 0.6) is 0 Å². The highest BCUT2D eigenvalue weighted by Crippen LogP contribution is 2.46. The Kier molecular flexibility index (Phi) is 4.44. The van der Waals surface area contributed by atoms with Crippen molar-refractivity contribution in [2.24, 2.45) is 5.73 Å². The minimum absolute atomic E-state index is 0.0185. The minimum Gasteiger partial charge on any atom is -0.396 e. The lowest BCUT2D eigenvalue weighted by Gasteiger charge is -2.39. The highest BCUT2D eigenvalue weighted by atomic mass is 16.2. The van der Waals surface area contributed by atoms with Crippen LogP contribution in [0.2, 0.25) is 0 Å². The van der Waals surface area contributed by atoms with Gasteiger partial charge in [-0.05, 0) is 42.2 Å². The van der Waals surface area contributed by atoms with E-state index in [4.69, 9.17) is 5.73 Å². The number of carbonyl (C=O) groups excluding carboxylic acids is 3. The van der Waals surface area contributed by atoms with Gasteiger partial charge in [-0.25, -0.2) is 4.58 Å². The Balaban J connectivity index is 1.34. The van der Waals surface area contributed by atoms with E-state index >= 15 is 0 Å². The Bertz CT molecular complexity index is 1470. The van der Waals surface area contributed by atoms with Crippen molar-refractivity contribution in [3.05, 3.63) is 87.3 Å². The van der Waals surface area contributed by atoms with Gasteiger partial charge in [0, 0.05) is 25.2 Å². The van der Waals surface area contributed by atoms with Crippen LogP contribution < -0.4 is 5.73 Å². The third-order valence-electron chi connectivity index (χ3n) is 8.32. The summed E-state index contributed by atoms with van der Waals surface area (Å²) in [7, 11) is 0. The predicted molar refractivity (Wildman–Crippen MR) is 135 cm³/mol. The average molecular weight is 480 g/mol. The molecule has 0 saturated carbocycles. The van der Waals surface area contributed by atoms with Gasteiger partial charge in [-0.1, -0.05) is 36.4 Å². The first kappa shape index (κ1) is 21.3. The van der Waals surface area contributed by atoms with E-state index in [0.29, 0.717) is 30.9 Å². The van der Waals surface area contributed by atoms with Crippen LogP contribution in [-0.2, 0) is 20.8 Å². The van der Waals surface area contributed by atoms with E-state index < -0.39 is 6.04 Å². The zero-order chi connectivity index (χ0) is 24.7. The van der Waals surface area contributed by atoms with Gasteiger partial charge in [-0.15, -0.1) is 0 Å². The van der Waals surface area contributed by atoms with Crippen molar-refractivity contribution < 1.29 is 19.0 Å². The van der Waals surface area contributed by atoms with E-state index in [1.54, 1.807) is 11.8 Å². The Hall–Kier alpha value is -4.00. The quantitative estimate of drug-likeness (QED) is 0.404. The summed E-state index contributed by atoms with van der Waals surface area (Å²) in [6, 6.07) is 8.09. The van der Waals surface area contributed by atoms with Crippen LogP contribution in [0.1, 0.15) is 24.5 Å². The highest BCUT2D eigenvalue weighted by molar-refractivity contribution is 6.08. The van der Waals surface area contributed by atoms with Gasteiger partial charge in [0.15, 0.2) is 17.8 Å². The van der Waals surface area contributed by atoms with Crippen LogP contribution >= 0.6 is 0 Å². The standard InChI is InChI=1S/C29H26N4O3/c1-16(34)26-22(31-9-10-32-23(15-31)24(35)13-25(32)36)12-20-21(14-33-28(20)29(33)27(26)30)19-8-4-7-17-5-2-3-6-18(17)11-19/h2-6,8,11-12,14,23,28-30H,7,9-10,13,15H2,1H3/p+1. The van der Waals surface area contributed by atoms with Gasteiger partial charge in [-0.3, -0.25) is 14.4 Å². The first-order valence-electron chi connectivity index (χ1n) is 12.5. The first-order chi connectivity index (χ1) is 17.4. The molecule has 36 heavy (non-hydrogen) atoms. The molecule has 0 radical (unpaired) electrons. The Morgan fingerprint density at radius 1 is 1.11 bits per heavy atom. The Morgan fingerprint density at radius 2 is 1.94 bits per heavy atom. The molecule has 3 unspecified atom stereocenters. The number of piperazine rings is 1. The summed E-state index contributed by atoms with van der Waals surface area (Å²) in [5, 5.41) is 0. The van der Waals surface area contributed by atoms with E-state index in [1.807, 2.05) is 0 Å². The smallest absolute Gasteiger partial charge is 0.259 e. The zero-order valence-electron chi connectivity index (χ0n) is 20.1. The summed E-state index contributed by atoms with van der Waals surface area (Å²) in [4.78, 5) is 41.4. The van der Waals surface area contributed by atoms with Crippen molar-refractivity contribution >= 4 is 29.8 Å². The fourth-order valence-corrected chi connectivity index (χ4v) is 6.51. The summed E-state index contributed by atoms with van der Waals surface area (Å²) >= 11 is 0. The summed E-state index contributed by atoms with van der Waals surface area (Å²) in [5.74, 6) is -0.218. The summed E-state index contributed by atoms with van der Waals surface area (Å²) in [5.41, 5.74) is 14.5. The van der Waals surface area contributed by atoms with Crippen LogP contribution in [0.25, 0.3) is 6.08 Å². The van der Waals surface area contributed by atoms with Crippen molar-refractivity contribution in [2.75, 3.05) is 19.6 Å². The van der Waals surface area contributed by atoms with Crippen LogP contribution in [0.3, 0.4) is 0 Å². The van der Waals surface area contributed by atoms with E-state index in [-0.39, 0.29) is 36.0 Å². The van der Waals surface area contributed by atoms with Crippen molar-refractivity contribution in [3.8, 4) is 0 Å². The largest absolute Gasteiger partial charge is 0.396 e. The SMILES string of the molecule is CC(=O)C1=C(N)C2C3C(=C(C4=Cc5ccccc5CC=C4)C=[N+]23)C=C1N1CCN2C(=O)CC(=O)C2C1. The third-order valence-corrected chi connectivity index (χ3v) is 8.32. The molecule has 3 atom stereocenters. The zero-order valence-corrected chi connectivity index (χ0v) is 20.1. The number of hydrogen-bond donors (Lipinski definition) is 1. The average Bonchev–Trinajstić information content (AvgIpc) is 3.45. The van der Waals surface area contributed by atoms with E-state index in [2.05, 4.69) is 64.3 Å². The maximum Gasteiger partial charge on any atom is 0.259 e. The van der Waals surface area contributed by atoms with Crippen LogP contribution in [0, 0.1) is 0 Å². The maximum atomic E-state index is 12.9. The number of nitrogens with two attached hydrogens (primary N) is 1. The molecule has 7 nitrogen and oxygen atoms in total. The number of hydrogen-bond acceptors (Lipinski definition) is 5.